The molecule has 31 heavy (non-hydrogen) atoms. The molecule has 4 aromatic rings. The van der Waals surface area contributed by atoms with Crippen LogP contribution in [0.1, 0.15) is 10.4 Å². The highest BCUT2D eigenvalue weighted by Gasteiger charge is 2.32. The second-order valence-corrected chi connectivity index (χ2v) is 6.56. The van der Waals surface area contributed by atoms with Crippen LogP contribution < -0.4 is 19.5 Å². The predicted molar refractivity (Wildman–Crippen MR) is 114 cm³/mol. The van der Waals surface area contributed by atoms with Gasteiger partial charge in [-0.25, -0.2) is 0 Å². The highest BCUT2D eigenvalue weighted by molar-refractivity contribution is 6.10. The number of fused-ring (bicyclic) bond motifs is 3. The minimum atomic E-state index is -0.707. The van der Waals surface area contributed by atoms with Gasteiger partial charge in [-0.2, -0.15) is 0 Å². The topological polar surface area (TPSA) is 113 Å². The number of para-hydroxylation sites is 1. The number of hydrogen-bond acceptors (Lipinski definition) is 7. The molecule has 0 aliphatic rings. The summed E-state index contributed by atoms with van der Waals surface area (Å²) in [5.41, 5.74) is 0.964. The number of nitro benzene ring substituents is 1. The number of nitrogens with one attached hydrogen (secondary N) is 1. The molecule has 9 nitrogen and oxygen atoms in total. The summed E-state index contributed by atoms with van der Waals surface area (Å²) in [6.07, 6.45) is 0. The Labute approximate surface area is 176 Å². The van der Waals surface area contributed by atoms with Crippen LogP contribution in [0.5, 0.6) is 17.2 Å². The van der Waals surface area contributed by atoms with Crippen molar-refractivity contribution in [1.82, 2.24) is 0 Å². The quantitative estimate of drug-likeness (QED) is 0.352. The van der Waals surface area contributed by atoms with Gasteiger partial charge in [0.05, 0.1) is 26.3 Å². The Balaban J connectivity index is 1.77. The molecule has 158 valence electrons. The van der Waals surface area contributed by atoms with Crippen molar-refractivity contribution >= 4 is 39.2 Å². The number of amides is 1. The molecule has 0 aliphatic heterocycles. The number of carbonyl (C=O) groups excluding carboxylic acids is 1. The molecule has 0 saturated carbocycles. The first-order chi connectivity index (χ1) is 15.0. The molecule has 0 bridgehead atoms. The Morgan fingerprint density at radius 2 is 1.65 bits per heavy atom. The lowest BCUT2D eigenvalue weighted by atomic mass is 10.1. The summed E-state index contributed by atoms with van der Waals surface area (Å²) >= 11 is 0. The number of rotatable bonds is 6. The number of nitro groups is 1. The normalized spacial score (nSPS) is 10.8. The molecule has 4 rings (SSSR count). The van der Waals surface area contributed by atoms with Crippen molar-refractivity contribution in [1.29, 1.82) is 0 Å². The van der Waals surface area contributed by atoms with Crippen LogP contribution in [0.2, 0.25) is 0 Å². The first-order valence-electron chi connectivity index (χ1n) is 9.18. The van der Waals surface area contributed by atoms with E-state index >= 15 is 0 Å². The Morgan fingerprint density at radius 3 is 2.32 bits per heavy atom. The molecule has 0 radical (unpaired) electrons. The van der Waals surface area contributed by atoms with E-state index in [1.165, 1.54) is 27.4 Å². The van der Waals surface area contributed by atoms with E-state index in [1.54, 1.807) is 12.1 Å². The number of hydrogen-bond donors (Lipinski definition) is 1. The minimum absolute atomic E-state index is 0.0249. The summed E-state index contributed by atoms with van der Waals surface area (Å²) in [5, 5.41) is 16.3. The first kappa shape index (κ1) is 20.0. The number of carbonyl (C=O) groups is 1. The van der Waals surface area contributed by atoms with Gasteiger partial charge in [-0.15, -0.1) is 0 Å². The van der Waals surface area contributed by atoms with Crippen molar-refractivity contribution in [3.05, 3.63) is 64.2 Å². The fraction of sp³-hybridized carbons (Fsp3) is 0.136. The number of anilines is 1. The standard InChI is InChI=1S/C22H18N2O7/c1-28-18-11-15(19(24(26)27)21(30-3)20(18)29-2)22(25)23-12-8-9-14-13-6-4-5-7-16(13)31-17(14)10-12/h4-11H,1-3H3,(H,23,25). The maximum Gasteiger partial charge on any atom is 0.327 e. The van der Waals surface area contributed by atoms with Crippen molar-refractivity contribution in [3.8, 4) is 17.2 Å². The molecule has 0 atom stereocenters. The van der Waals surface area contributed by atoms with Crippen molar-refractivity contribution in [2.45, 2.75) is 0 Å². The largest absolute Gasteiger partial charge is 0.493 e. The maximum absolute atomic E-state index is 13.0. The molecule has 1 heterocycles. The van der Waals surface area contributed by atoms with E-state index in [2.05, 4.69) is 5.32 Å². The SMILES string of the molecule is COc1cc(C(=O)Nc2ccc3c(c2)oc2ccccc23)c([N+](=O)[O-])c(OC)c1OC. The molecule has 9 heteroatoms. The zero-order valence-electron chi connectivity index (χ0n) is 16.9. The second kappa shape index (κ2) is 7.86. The van der Waals surface area contributed by atoms with Crippen molar-refractivity contribution < 1.29 is 28.3 Å². The summed E-state index contributed by atoms with van der Waals surface area (Å²) in [7, 11) is 3.94. The van der Waals surface area contributed by atoms with Crippen LogP contribution in [0.25, 0.3) is 21.9 Å². The summed E-state index contributed by atoms with van der Waals surface area (Å²) in [4.78, 5) is 24.0. The zero-order chi connectivity index (χ0) is 22.1. The summed E-state index contributed by atoms with van der Waals surface area (Å²) in [6, 6.07) is 14.0. The predicted octanol–water partition coefficient (Wildman–Crippen LogP) is 4.77. The second-order valence-electron chi connectivity index (χ2n) is 6.56. The molecule has 0 saturated heterocycles. The summed E-state index contributed by atoms with van der Waals surface area (Å²) in [5.74, 6) is -0.758. The van der Waals surface area contributed by atoms with Gasteiger partial charge in [-0.1, -0.05) is 18.2 Å². The molecular weight excluding hydrogens is 404 g/mol. The lowest BCUT2D eigenvalue weighted by molar-refractivity contribution is -0.386. The Hall–Kier alpha value is -4.27. The van der Waals surface area contributed by atoms with Crippen molar-refractivity contribution in [3.63, 3.8) is 0 Å². The lowest BCUT2D eigenvalue weighted by Gasteiger charge is -2.15. The molecule has 1 N–H and O–H groups in total. The monoisotopic (exact) mass is 422 g/mol. The smallest absolute Gasteiger partial charge is 0.327 e. The van der Waals surface area contributed by atoms with E-state index in [-0.39, 0.29) is 22.8 Å². The van der Waals surface area contributed by atoms with Gasteiger partial charge < -0.3 is 23.9 Å². The maximum atomic E-state index is 13.0. The summed E-state index contributed by atoms with van der Waals surface area (Å²) < 4.78 is 21.4. The third kappa shape index (κ3) is 3.35. The molecule has 1 amide bonds. The third-order valence-electron chi connectivity index (χ3n) is 4.87. The highest BCUT2D eigenvalue weighted by atomic mass is 16.6. The van der Waals surface area contributed by atoms with Crippen LogP contribution in [0.3, 0.4) is 0 Å². The number of nitrogens with zero attached hydrogens (tertiary/aromatic N) is 1. The van der Waals surface area contributed by atoms with Gasteiger partial charge in [0, 0.05) is 28.6 Å². The average molecular weight is 422 g/mol. The minimum Gasteiger partial charge on any atom is -0.493 e. The molecular formula is C22H18N2O7. The van der Waals surface area contributed by atoms with E-state index in [9.17, 15) is 14.9 Å². The van der Waals surface area contributed by atoms with E-state index < -0.39 is 16.5 Å². The van der Waals surface area contributed by atoms with Gasteiger partial charge in [0.2, 0.25) is 11.5 Å². The molecule has 0 spiro atoms. The summed E-state index contributed by atoms with van der Waals surface area (Å²) in [6.45, 7) is 0. The highest BCUT2D eigenvalue weighted by Crippen LogP contribution is 2.46. The number of methoxy groups -OCH3 is 3. The molecule has 0 unspecified atom stereocenters. The van der Waals surface area contributed by atoms with E-state index in [0.29, 0.717) is 11.3 Å². The Morgan fingerprint density at radius 1 is 0.935 bits per heavy atom. The van der Waals surface area contributed by atoms with Crippen LogP contribution in [0.15, 0.2) is 52.9 Å². The van der Waals surface area contributed by atoms with Gasteiger partial charge >= 0.3 is 5.69 Å². The van der Waals surface area contributed by atoms with Gasteiger partial charge in [-0.3, -0.25) is 14.9 Å². The fourth-order valence-electron chi connectivity index (χ4n) is 3.50. The van der Waals surface area contributed by atoms with Gasteiger partial charge in [0.25, 0.3) is 5.91 Å². The number of furan rings is 1. The lowest BCUT2D eigenvalue weighted by Crippen LogP contribution is -2.15. The van der Waals surface area contributed by atoms with Crippen LogP contribution in [-0.4, -0.2) is 32.2 Å². The van der Waals surface area contributed by atoms with Crippen LogP contribution >= 0.6 is 0 Å². The fourth-order valence-corrected chi connectivity index (χ4v) is 3.50. The Bertz CT molecular complexity index is 1330. The Kier molecular flexibility index (Phi) is 5.08. The number of benzene rings is 3. The third-order valence-corrected chi connectivity index (χ3v) is 4.87. The van der Waals surface area contributed by atoms with E-state index in [4.69, 9.17) is 18.6 Å². The average Bonchev–Trinajstić information content (AvgIpc) is 3.14. The zero-order valence-corrected chi connectivity index (χ0v) is 16.9. The number of ether oxygens (including phenoxy) is 3. The molecule has 3 aromatic carbocycles. The van der Waals surface area contributed by atoms with Crippen molar-refractivity contribution in [2.75, 3.05) is 26.6 Å². The van der Waals surface area contributed by atoms with E-state index in [0.717, 1.165) is 16.4 Å². The van der Waals surface area contributed by atoms with Crippen LogP contribution in [0.4, 0.5) is 11.4 Å². The molecule has 1 aromatic heterocycles. The molecule has 0 fully saturated rings. The van der Waals surface area contributed by atoms with Gasteiger partial charge in [0.15, 0.2) is 5.75 Å². The van der Waals surface area contributed by atoms with E-state index in [1.807, 2.05) is 30.3 Å². The van der Waals surface area contributed by atoms with Crippen LogP contribution in [0, 0.1) is 10.1 Å². The van der Waals surface area contributed by atoms with Gasteiger partial charge in [-0.05, 0) is 18.2 Å². The molecule has 0 aliphatic carbocycles. The van der Waals surface area contributed by atoms with Crippen molar-refractivity contribution in [2.24, 2.45) is 0 Å². The van der Waals surface area contributed by atoms with Crippen LogP contribution in [-0.2, 0) is 0 Å². The van der Waals surface area contributed by atoms with Gasteiger partial charge in [0.1, 0.15) is 16.7 Å². The first-order valence-corrected chi connectivity index (χ1v) is 9.18.